The lowest BCUT2D eigenvalue weighted by Gasteiger charge is -2.70. The number of urea groups is 1. The molecule has 1 N–H and O–H groups in total. The fourth-order valence-corrected chi connectivity index (χ4v) is 8.01. The van der Waals surface area contributed by atoms with Gasteiger partial charge in [0.15, 0.2) is 0 Å². The lowest BCUT2D eigenvalue weighted by molar-refractivity contribution is -0.290. The number of nitrogens with one attached hydrogen (secondary N) is 1. The van der Waals surface area contributed by atoms with Crippen molar-refractivity contribution in [3.63, 3.8) is 0 Å². The van der Waals surface area contributed by atoms with Crippen molar-refractivity contribution in [1.29, 1.82) is 0 Å². The molecule has 8 nitrogen and oxygen atoms in total. The highest BCUT2D eigenvalue weighted by Gasteiger charge is 2.70. The zero-order chi connectivity index (χ0) is 29.9. The predicted molar refractivity (Wildman–Crippen MR) is 161 cm³/mol. The highest BCUT2D eigenvalue weighted by Crippen LogP contribution is 2.54. The molecule has 0 aliphatic carbocycles. The van der Waals surface area contributed by atoms with Gasteiger partial charge in [0, 0.05) is 32.6 Å². The van der Waals surface area contributed by atoms with Gasteiger partial charge in [0.1, 0.15) is 29.7 Å². The number of allylic oxidation sites excluding steroid dienone is 3. The largest absolute Gasteiger partial charge is 0.363 e. The summed E-state index contributed by atoms with van der Waals surface area (Å²) in [6, 6.07) is 16.2. The molecule has 2 aromatic rings. The van der Waals surface area contributed by atoms with Gasteiger partial charge in [0.05, 0.1) is 12.6 Å². The van der Waals surface area contributed by atoms with Crippen LogP contribution in [0.25, 0.3) is 0 Å². The van der Waals surface area contributed by atoms with Crippen LogP contribution in [-0.2, 0) is 16.1 Å². The van der Waals surface area contributed by atoms with Gasteiger partial charge in [0.25, 0.3) is 0 Å². The second-order valence-electron chi connectivity index (χ2n) is 12.6. The third-order valence-electron chi connectivity index (χ3n) is 9.77. The Labute approximate surface area is 252 Å². The Morgan fingerprint density at radius 2 is 1.84 bits per heavy atom. The Morgan fingerprint density at radius 3 is 2.58 bits per heavy atom. The first-order valence-corrected chi connectivity index (χ1v) is 15.1. The van der Waals surface area contributed by atoms with E-state index >= 15 is 0 Å². The first-order chi connectivity index (χ1) is 20.8. The summed E-state index contributed by atoms with van der Waals surface area (Å²) in [5, 5.41) is 6.45. The van der Waals surface area contributed by atoms with E-state index in [2.05, 4.69) is 78.7 Å². The standard InChI is InChI=1S/C34H38FN5O3/c1-22(2)32-34-28-12-8-7-11-25(17-29(34)43-28)27(24-9-5-4-6-10-24)19-38(34)20-30-39(32)31(41)21-37(3)40(30)33(42)36-18-23-13-15-26(35)16-14-23/h4-17,22,27-30,32H,18-21H2,1-3H3,(H,36,42)/b11-7-,12-8-/t27?,28?,29?,30-,32-,34?/m0/s1. The number of halogens is 1. The molecule has 7 rings (SSSR count). The van der Waals surface area contributed by atoms with Crippen molar-refractivity contribution in [3.05, 3.63) is 107 Å². The fraction of sp³-hybridized carbons (Fsp3) is 0.412. The first kappa shape index (κ1) is 28.0. The maximum Gasteiger partial charge on any atom is 0.334 e. The van der Waals surface area contributed by atoms with Gasteiger partial charge in [-0.15, -0.1) is 0 Å². The molecule has 1 spiro atoms. The number of nitrogens with zero attached hydrogens (tertiary/aromatic N) is 4. The molecule has 9 heteroatoms. The van der Waals surface area contributed by atoms with Crippen LogP contribution in [0.1, 0.15) is 30.9 Å². The normalized spacial score (nSPS) is 33.3. The van der Waals surface area contributed by atoms with Crippen LogP contribution in [0, 0.1) is 11.7 Å². The van der Waals surface area contributed by atoms with Crippen molar-refractivity contribution < 1.29 is 18.7 Å². The summed E-state index contributed by atoms with van der Waals surface area (Å²) in [5.41, 5.74) is 2.76. The molecule has 5 aliphatic rings. The second kappa shape index (κ2) is 10.7. The average Bonchev–Trinajstić information content (AvgIpc) is 3.07. The summed E-state index contributed by atoms with van der Waals surface area (Å²) in [7, 11) is 1.79. The van der Waals surface area contributed by atoms with Gasteiger partial charge in [-0.25, -0.2) is 19.2 Å². The topological polar surface area (TPSA) is 68.4 Å². The second-order valence-corrected chi connectivity index (χ2v) is 12.6. The number of ether oxygens (including phenoxy) is 1. The first-order valence-electron chi connectivity index (χ1n) is 15.1. The van der Waals surface area contributed by atoms with E-state index < -0.39 is 11.7 Å². The van der Waals surface area contributed by atoms with Crippen LogP contribution in [0.3, 0.4) is 0 Å². The van der Waals surface area contributed by atoms with E-state index in [1.807, 2.05) is 11.0 Å². The van der Waals surface area contributed by atoms with Gasteiger partial charge >= 0.3 is 6.03 Å². The molecule has 6 atom stereocenters. The zero-order valence-electron chi connectivity index (χ0n) is 24.8. The Morgan fingerprint density at radius 1 is 1.07 bits per heavy atom. The summed E-state index contributed by atoms with van der Waals surface area (Å²) in [6.45, 7) is 5.92. The molecule has 0 saturated carbocycles. The van der Waals surface area contributed by atoms with Gasteiger partial charge in [-0.2, -0.15) is 0 Å². The van der Waals surface area contributed by atoms with E-state index in [0.29, 0.717) is 6.54 Å². The number of carbonyl (C=O) groups excluding carboxylic acids is 2. The molecular weight excluding hydrogens is 545 g/mol. The number of benzene rings is 2. The van der Waals surface area contributed by atoms with Gasteiger partial charge in [-0.05, 0) is 40.8 Å². The van der Waals surface area contributed by atoms with E-state index in [4.69, 9.17) is 4.74 Å². The van der Waals surface area contributed by atoms with Crippen molar-refractivity contribution in [2.45, 2.75) is 56.3 Å². The van der Waals surface area contributed by atoms with E-state index in [0.717, 1.165) is 12.1 Å². The number of amides is 3. The van der Waals surface area contributed by atoms with Crippen molar-refractivity contribution in [3.8, 4) is 0 Å². The third kappa shape index (κ3) is 4.44. The molecule has 5 aliphatic heterocycles. The number of rotatable bonds is 4. The van der Waals surface area contributed by atoms with Gasteiger partial charge in [-0.1, -0.05) is 80.6 Å². The Bertz CT molecular complexity index is 1490. The fourth-order valence-electron chi connectivity index (χ4n) is 8.01. The van der Waals surface area contributed by atoms with Crippen LogP contribution in [0.2, 0.25) is 0 Å². The number of fused-ring (bicyclic) bond motifs is 2. The van der Waals surface area contributed by atoms with Crippen LogP contribution in [0.4, 0.5) is 9.18 Å². The molecule has 3 fully saturated rings. The van der Waals surface area contributed by atoms with E-state index in [-0.39, 0.29) is 60.9 Å². The summed E-state index contributed by atoms with van der Waals surface area (Å²) in [6.07, 6.45) is 9.86. The van der Waals surface area contributed by atoms with E-state index in [1.165, 1.54) is 23.3 Å². The lowest BCUT2D eigenvalue weighted by atomic mass is 9.66. The minimum Gasteiger partial charge on any atom is -0.363 e. The number of piperazine rings is 1. The van der Waals surface area contributed by atoms with Crippen molar-refractivity contribution in [2.24, 2.45) is 5.92 Å². The molecule has 43 heavy (non-hydrogen) atoms. The van der Waals surface area contributed by atoms with Gasteiger partial charge < -0.3 is 15.0 Å². The third-order valence-corrected chi connectivity index (χ3v) is 9.77. The predicted octanol–water partition coefficient (Wildman–Crippen LogP) is 4.05. The van der Waals surface area contributed by atoms with Crippen molar-refractivity contribution in [1.82, 2.24) is 25.1 Å². The molecule has 0 aromatic heterocycles. The monoisotopic (exact) mass is 583 g/mol. The van der Waals surface area contributed by atoms with E-state index in [9.17, 15) is 14.0 Å². The molecule has 0 radical (unpaired) electrons. The maximum atomic E-state index is 14.0. The molecule has 2 aromatic carbocycles. The minimum atomic E-state index is -0.500. The van der Waals surface area contributed by atoms with Crippen molar-refractivity contribution >= 4 is 11.9 Å². The number of likely N-dealkylation sites (N-methyl/N-ethyl adjacent to an activating group) is 1. The van der Waals surface area contributed by atoms with Gasteiger partial charge in [0.2, 0.25) is 5.91 Å². The highest BCUT2D eigenvalue weighted by atomic mass is 19.1. The smallest absolute Gasteiger partial charge is 0.334 e. The number of hydrogen-bond acceptors (Lipinski definition) is 5. The van der Waals surface area contributed by atoms with E-state index in [1.54, 1.807) is 29.2 Å². The van der Waals surface area contributed by atoms with Crippen LogP contribution in [0.5, 0.6) is 0 Å². The minimum absolute atomic E-state index is 0.0113. The van der Waals surface area contributed by atoms with Crippen LogP contribution in [0.15, 0.2) is 90.6 Å². The van der Waals surface area contributed by atoms with Crippen LogP contribution >= 0.6 is 0 Å². The number of hydrazine groups is 1. The summed E-state index contributed by atoms with van der Waals surface area (Å²) >= 11 is 0. The highest BCUT2D eigenvalue weighted by molar-refractivity contribution is 5.83. The summed E-state index contributed by atoms with van der Waals surface area (Å²) < 4.78 is 20.0. The van der Waals surface area contributed by atoms with Crippen LogP contribution < -0.4 is 5.32 Å². The zero-order valence-corrected chi connectivity index (χ0v) is 24.8. The average molecular weight is 584 g/mol. The molecule has 224 valence electrons. The maximum absolute atomic E-state index is 14.0. The summed E-state index contributed by atoms with van der Waals surface area (Å²) in [5.74, 6) is -0.102. The van der Waals surface area contributed by atoms with Crippen LogP contribution in [-0.4, -0.2) is 88.4 Å². The molecule has 4 unspecified atom stereocenters. The lowest BCUT2D eigenvalue weighted by Crippen LogP contribution is -2.88. The molecule has 5 heterocycles. The molecule has 3 bridgehead atoms. The number of carbonyl (C=O) groups is 2. The van der Waals surface area contributed by atoms with Gasteiger partial charge in [-0.3, -0.25) is 9.69 Å². The molecule has 3 amide bonds. The quantitative estimate of drug-likeness (QED) is 0.589. The Balaban J connectivity index is 1.29. The number of hydrogen-bond donors (Lipinski definition) is 1. The van der Waals surface area contributed by atoms with Crippen molar-refractivity contribution in [2.75, 3.05) is 26.7 Å². The molecule has 3 saturated heterocycles. The Hall–Kier alpha value is -3.79. The summed E-state index contributed by atoms with van der Waals surface area (Å²) in [4.78, 5) is 32.4. The molecular formula is C34H38FN5O3. The SMILES string of the molecule is CC(C)[C@@H]1N2C(=O)CN(C)N(C(=O)NCc3ccc(F)cc3)[C@H]2CN2CC(c3ccccc3)C3=CC4OC(/C=C\C=C/3)C412. The Kier molecular flexibility index (Phi) is 6.99.